The summed E-state index contributed by atoms with van der Waals surface area (Å²) in [6.45, 7) is 4.37. The van der Waals surface area contributed by atoms with Crippen LogP contribution in [0.2, 0.25) is 0 Å². The monoisotopic (exact) mass is 377 g/mol. The fourth-order valence-corrected chi connectivity index (χ4v) is 4.55. The first kappa shape index (κ1) is 20.8. The first-order valence-corrected chi connectivity index (χ1v) is 10.7. The molecule has 26 heavy (non-hydrogen) atoms. The summed E-state index contributed by atoms with van der Waals surface area (Å²) in [6.07, 6.45) is -0.869. The molecule has 0 aliphatic rings. The predicted molar refractivity (Wildman–Crippen MR) is 104 cm³/mol. The summed E-state index contributed by atoms with van der Waals surface area (Å²) in [7, 11) is -3.27. The van der Waals surface area contributed by atoms with Crippen LogP contribution in [0.15, 0.2) is 60.7 Å². The molecule has 0 amide bonds. The van der Waals surface area contributed by atoms with E-state index < -0.39 is 13.7 Å². The number of nitrogens with one attached hydrogen (secondary N) is 1. The van der Waals surface area contributed by atoms with Crippen LogP contribution in [0.3, 0.4) is 0 Å². The average Bonchev–Trinajstić information content (AvgIpc) is 2.64. The van der Waals surface area contributed by atoms with Gasteiger partial charge in [0.2, 0.25) is 0 Å². The molecule has 0 bridgehead atoms. The molecule has 1 atom stereocenters. The van der Waals surface area contributed by atoms with Crippen molar-refractivity contribution in [3.05, 3.63) is 71.8 Å². The minimum absolute atomic E-state index is 0.0298. The van der Waals surface area contributed by atoms with Gasteiger partial charge in [-0.2, -0.15) is 0 Å². The van der Waals surface area contributed by atoms with Gasteiger partial charge in [-0.05, 0) is 25.0 Å². The van der Waals surface area contributed by atoms with E-state index in [4.69, 9.17) is 9.05 Å². The molecule has 0 fully saturated rings. The zero-order valence-electron chi connectivity index (χ0n) is 15.4. The molecule has 0 saturated heterocycles. The third-order valence-corrected chi connectivity index (χ3v) is 6.08. The highest BCUT2D eigenvalue weighted by molar-refractivity contribution is 7.53. The highest BCUT2D eigenvalue weighted by Gasteiger charge is 2.28. The zero-order valence-corrected chi connectivity index (χ0v) is 16.3. The Morgan fingerprint density at radius 2 is 1.38 bits per heavy atom. The van der Waals surface area contributed by atoms with Crippen LogP contribution in [0.1, 0.15) is 31.0 Å². The highest BCUT2D eigenvalue weighted by atomic mass is 31.2. The maximum absolute atomic E-state index is 12.6. The SMILES string of the molecule is CCOP(=O)(CC(O)CNC(c1ccccc1)c1ccccc1)OCC. The topological polar surface area (TPSA) is 67.8 Å². The Morgan fingerprint density at radius 3 is 1.81 bits per heavy atom. The molecular weight excluding hydrogens is 349 g/mol. The molecule has 0 aromatic heterocycles. The number of hydrogen-bond acceptors (Lipinski definition) is 5. The van der Waals surface area contributed by atoms with Gasteiger partial charge in [-0.25, -0.2) is 0 Å². The summed E-state index contributed by atoms with van der Waals surface area (Å²) in [4.78, 5) is 0. The Labute approximate surface area is 155 Å². The van der Waals surface area contributed by atoms with Crippen LogP contribution in [0, 0.1) is 0 Å². The summed E-state index contributed by atoms with van der Waals surface area (Å²) in [5.74, 6) is 0. The van der Waals surface area contributed by atoms with E-state index in [2.05, 4.69) is 5.32 Å². The molecule has 1 unspecified atom stereocenters. The fraction of sp³-hybridized carbons (Fsp3) is 0.400. The smallest absolute Gasteiger partial charge is 0.333 e. The number of benzene rings is 2. The van der Waals surface area contributed by atoms with Crippen molar-refractivity contribution < 1.29 is 18.7 Å². The van der Waals surface area contributed by atoms with Crippen molar-refractivity contribution in [3.63, 3.8) is 0 Å². The van der Waals surface area contributed by atoms with Crippen molar-refractivity contribution in [1.29, 1.82) is 0 Å². The Balaban J connectivity index is 2.06. The van der Waals surface area contributed by atoms with Crippen LogP contribution in [-0.4, -0.2) is 37.1 Å². The van der Waals surface area contributed by atoms with Crippen molar-refractivity contribution in [2.45, 2.75) is 26.0 Å². The molecule has 0 saturated carbocycles. The second-order valence-corrected chi connectivity index (χ2v) is 8.05. The zero-order chi connectivity index (χ0) is 18.8. The van der Waals surface area contributed by atoms with E-state index in [-0.39, 0.29) is 32.0 Å². The second kappa shape index (κ2) is 10.6. The van der Waals surface area contributed by atoms with Gasteiger partial charge in [-0.15, -0.1) is 0 Å². The van der Waals surface area contributed by atoms with Gasteiger partial charge < -0.3 is 19.5 Å². The lowest BCUT2D eigenvalue weighted by molar-refractivity contribution is 0.165. The minimum atomic E-state index is -3.27. The third-order valence-electron chi connectivity index (χ3n) is 3.91. The maximum atomic E-state index is 12.6. The Morgan fingerprint density at radius 1 is 0.923 bits per heavy atom. The molecule has 6 heteroatoms. The van der Waals surface area contributed by atoms with Crippen molar-refractivity contribution in [2.75, 3.05) is 25.9 Å². The Hall–Kier alpha value is -1.49. The van der Waals surface area contributed by atoms with Crippen molar-refractivity contribution in [3.8, 4) is 0 Å². The molecule has 142 valence electrons. The highest BCUT2D eigenvalue weighted by Crippen LogP contribution is 2.48. The van der Waals surface area contributed by atoms with E-state index >= 15 is 0 Å². The van der Waals surface area contributed by atoms with E-state index in [0.29, 0.717) is 0 Å². The summed E-state index contributed by atoms with van der Waals surface area (Å²) < 4.78 is 23.1. The van der Waals surface area contributed by atoms with Crippen molar-refractivity contribution >= 4 is 7.60 Å². The van der Waals surface area contributed by atoms with Gasteiger partial charge in [0, 0.05) is 6.54 Å². The van der Waals surface area contributed by atoms with Crippen molar-refractivity contribution in [1.82, 2.24) is 5.32 Å². The normalized spacial score (nSPS) is 13.1. The maximum Gasteiger partial charge on any atom is 0.333 e. The molecule has 0 aliphatic carbocycles. The van der Waals surface area contributed by atoms with Crippen LogP contribution >= 0.6 is 7.60 Å². The van der Waals surface area contributed by atoms with Crippen LogP contribution in [0.5, 0.6) is 0 Å². The number of hydrogen-bond donors (Lipinski definition) is 2. The van der Waals surface area contributed by atoms with Crippen LogP contribution in [0.4, 0.5) is 0 Å². The van der Waals surface area contributed by atoms with E-state index in [0.717, 1.165) is 11.1 Å². The lowest BCUT2D eigenvalue weighted by Crippen LogP contribution is -2.33. The van der Waals surface area contributed by atoms with E-state index in [1.54, 1.807) is 13.8 Å². The van der Waals surface area contributed by atoms with Crippen LogP contribution in [0.25, 0.3) is 0 Å². The Bertz CT molecular complexity index is 631. The molecule has 0 radical (unpaired) electrons. The van der Waals surface area contributed by atoms with Gasteiger partial charge in [-0.3, -0.25) is 4.57 Å². The average molecular weight is 377 g/mol. The van der Waals surface area contributed by atoms with E-state index in [9.17, 15) is 9.67 Å². The lowest BCUT2D eigenvalue weighted by atomic mass is 9.98. The number of aliphatic hydroxyl groups excluding tert-OH is 1. The first-order chi connectivity index (χ1) is 12.6. The predicted octanol–water partition coefficient (Wildman–Crippen LogP) is 3.99. The molecule has 0 spiro atoms. The molecular formula is C20H28NO4P. The summed E-state index contributed by atoms with van der Waals surface area (Å²) in [5, 5.41) is 13.8. The third kappa shape index (κ3) is 6.35. The van der Waals surface area contributed by atoms with E-state index in [1.165, 1.54) is 0 Å². The van der Waals surface area contributed by atoms with Gasteiger partial charge in [0.25, 0.3) is 0 Å². The lowest BCUT2D eigenvalue weighted by Gasteiger charge is -2.24. The number of rotatable bonds is 11. The first-order valence-electron chi connectivity index (χ1n) is 8.97. The second-order valence-electron chi connectivity index (χ2n) is 5.95. The minimum Gasteiger partial charge on any atom is -0.391 e. The van der Waals surface area contributed by atoms with Crippen molar-refractivity contribution in [2.24, 2.45) is 0 Å². The van der Waals surface area contributed by atoms with Gasteiger partial charge in [0.05, 0.1) is 31.5 Å². The summed E-state index contributed by atoms with van der Waals surface area (Å²) in [5.41, 5.74) is 2.20. The standard InChI is InChI=1S/C20H28NO4P/c1-3-24-26(23,25-4-2)16-19(22)15-21-20(17-11-7-5-8-12-17)18-13-9-6-10-14-18/h5-14,19-22H,3-4,15-16H2,1-2H3. The van der Waals surface area contributed by atoms with Gasteiger partial charge in [0.15, 0.2) is 0 Å². The van der Waals surface area contributed by atoms with E-state index in [1.807, 2.05) is 60.7 Å². The molecule has 0 aliphatic heterocycles. The van der Waals surface area contributed by atoms with Gasteiger partial charge in [-0.1, -0.05) is 60.7 Å². The molecule has 5 nitrogen and oxygen atoms in total. The van der Waals surface area contributed by atoms with Gasteiger partial charge in [0.1, 0.15) is 0 Å². The fourth-order valence-electron chi connectivity index (χ4n) is 2.83. The van der Waals surface area contributed by atoms with Crippen LogP contribution in [-0.2, 0) is 13.6 Å². The quantitative estimate of drug-likeness (QED) is 0.580. The van der Waals surface area contributed by atoms with Crippen LogP contribution < -0.4 is 5.32 Å². The molecule has 0 heterocycles. The molecule has 2 aromatic carbocycles. The molecule has 2 rings (SSSR count). The molecule has 2 aromatic rings. The summed E-state index contributed by atoms with van der Waals surface area (Å²) >= 11 is 0. The Kier molecular flexibility index (Phi) is 8.49. The molecule has 2 N–H and O–H groups in total. The number of aliphatic hydroxyl groups is 1. The largest absolute Gasteiger partial charge is 0.391 e. The summed E-state index contributed by atoms with van der Waals surface area (Å²) in [6, 6.07) is 20.0. The van der Waals surface area contributed by atoms with Gasteiger partial charge >= 0.3 is 7.60 Å².